The van der Waals surface area contributed by atoms with Crippen molar-refractivity contribution in [2.75, 3.05) is 0 Å². The van der Waals surface area contributed by atoms with Crippen LogP contribution in [-0.2, 0) is 0 Å². The van der Waals surface area contributed by atoms with Gasteiger partial charge in [-0.3, -0.25) is 0 Å². The quantitative estimate of drug-likeness (QED) is 0.816. The molecule has 0 aromatic heterocycles. The molecule has 0 aliphatic heterocycles. The van der Waals surface area contributed by atoms with Gasteiger partial charge in [0.05, 0.1) is 17.2 Å². The summed E-state index contributed by atoms with van der Waals surface area (Å²) in [6, 6.07) is 3.77. The molecule has 1 aromatic rings. The fraction of sp³-hybridized carbons (Fsp3) is 0.400. The standard InChI is InChI=1S/C10H13ClFNO/c1-2-8(14)10(13)6-4-3-5-7(12)9(6)11/h3-5,8,10,14H,2,13H2,1H3/t8-,10+/m0/s1. The van der Waals surface area contributed by atoms with Crippen molar-refractivity contribution in [3.05, 3.63) is 34.6 Å². The number of nitrogens with two attached hydrogens (primary N) is 1. The molecule has 0 aliphatic carbocycles. The van der Waals surface area contributed by atoms with Crippen molar-refractivity contribution in [3.63, 3.8) is 0 Å². The minimum Gasteiger partial charge on any atom is -0.391 e. The van der Waals surface area contributed by atoms with Crippen molar-refractivity contribution in [2.45, 2.75) is 25.5 Å². The van der Waals surface area contributed by atoms with E-state index in [2.05, 4.69) is 0 Å². The van der Waals surface area contributed by atoms with Crippen LogP contribution in [0.15, 0.2) is 18.2 Å². The van der Waals surface area contributed by atoms with Crippen molar-refractivity contribution < 1.29 is 9.50 Å². The summed E-state index contributed by atoms with van der Waals surface area (Å²) in [6.07, 6.45) is -0.192. The Bertz CT molecular complexity index is 319. The van der Waals surface area contributed by atoms with E-state index in [1.54, 1.807) is 13.0 Å². The molecule has 0 unspecified atom stereocenters. The SMILES string of the molecule is CC[C@H](O)[C@H](N)c1cccc(F)c1Cl. The number of rotatable bonds is 3. The van der Waals surface area contributed by atoms with Crippen molar-refractivity contribution in [1.29, 1.82) is 0 Å². The van der Waals surface area contributed by atoms with Crippen LogP contribution in [0.5, 0.6) is 0 Å². The Labute approximate surface area is 87.5 Å². The van der Waals surface area contributed by atoms with Crippen molar-refractivity contribution in [3.8, 4) is 0 Å². The fourth-order valence-electron chi connectivity index (χ4n) is 1.24. The lowest BCUT2D eigenvalue weighted by atomic mass is 10.0. The fourth-order valence-corrected chi connectivity index (χ4v) is 1.49. The van der Waals surface area contributed by atoms with Gasteiger partial charge in [0, 0.05) is 0 Å². The molecule has 0 amide bonds. The van der Waals surface area contributed by atoms with Gasteiger partial charge in [-0.05, 0) is 18.1 Å². The van der Waals surface area contributed by atoms with E-state index in [9.17, 15) is 9.50 Å². The molecule has 0 heterocycles. The van der Waals surface area contributed by atoms with E-state index >= 15 is 0 Å². The average molecular weight is 218 g/mol. The van der Waals surface area contributed by atoms with Gasteiger partial charge >= 0.3 is 0 Å². The molecule has 4 heteroatoms. The third kappa shape index (κ3) is 2.23. The van der Waals surface area contributed by atoms with Crippen LogP contribution >= 0.6 is 11.6 Å². The van der Waals surface area contributed by atoms with Gasteiger partial charge in [-0.15, -0.1) is 0 Å². The number of aliphatic hydroxyl groups excluding tert-OH is 1. The third-order valence-electron chi connectivity index (χ3n) is 2.17. The summed E-state index contributed by atoms with van der Waals surface area (Å²) < 4.78 is 13.0. The van der Waals surface area contributed by atoms with Crippen LogP contribution in [0.2, 0.25) is 5.02 Å². The lowest BCUT2D eigenvalue weighted by Gasteiger charge is -2.18. The number of hydrogen-bond donors (Lipinski definition) is 2. The summed E-state index contributed by atoms with van der Waals surface area (Å²) in [5, 5.41) is 9.48. The molecule has 0 saturated heterocycles. The number of benzene rings is 1. The minimum atomic E-state index is -0.700. The molecular formula is C10H13ClFNO. The highest BCUT2D eigenvalue weighted by atomic mass is 35.5. The molecule has 2 nitrogen and oxygen atoms in total. The van der Waals surface area contributed by atoms with Crippen molar-refractivity contribution >= 4 is 11.6 Å². The minimum absolute atomic E-state index is 0.00694. The zero-order chi connectivity index (χ0) is 10.7. The summed E-state index contributed by atoms with van der Waals surface area (Å²) in [5.74, 6) is -0.511. The molecule has 0 fully saturated rings. The van der Waals surface area contributed by atoms with E-state index in [1.807, 2.05) is 0 Å². The largest absolute Gasteiger partial charge is 0.391 e. The summed E-state index contributed by atoms with van der Waals surface area (Å²) >= 11 is 5.72. The molecule has 3 N–H and O–H groups in total. The van der Waals surface area contributed by atoms with E-state index in [4.69, 9.17) is 17.3 Å². The average Bonchev–Trinajstić information content (AvgIpc) is 2.20. The van der Waals surface area contributed by atoms with Gasteiger partial charge in [0.1, 0.15) is 5.82 Å². The molecule has 14 heavy (non-hydrogen) atoms. The van der Waals surface area contributed by atoms with Crippen LogP contribution in [0.4, 0.5) is 4.39 Å². The van der Waals surface area contributed by atoms with E-state index in [0.717, 1.165) is 0 Å². The molecule has 0 radical (unpaired) electrons. The van der Waals surface area contributed by atoms with E-state index in [1.165, 1.54) is 12.1 Å². The second kappa shape index (κ2) is 4.73. The predicted molar refractivity (Wildman–Crippen MR) is 54.6 cm³/mol. The van der Waals surface area contributed by atoms with Gasteiger partial charge in [0.15, 0.2) is 0 Å². The molecule has 1 rings (SSSR count). The maximum atomic E-state index is 13.0. The van der Waals surface area contributed by atoms with E-state index < -0.39 is 18.0 Å². The lowest BCUT2D eigenvalue weighted by molar-refractivity contribution is 0.140. The Balaban J connectivity index is 3.01. The van der Waals surface area contributed by atoms with Crippen LogP contribution in [0.1, 0.15) is 24.9 Å². The van der Waals surface area contributed by atoms with Gasteiger partial charge in [0.25, 0.3) is 0 Å². The number of halogens is 2. The molecule has 1 aromatic carbocycles. The van der Waals surface area contributed by atoms with Crippen molar-refractivity contribution in [1.82, 2.24) is 0 Å². The molecular weight excluding hydrogens is 205 g/mol. The summed E-state index contributed by atoms with van der Waals surface area (Å²) in [7, 11) is 0. The normalized spacial score (nSPS) is 15.2. The predicted octanol–water partition coefficient (Wildman–Crippen LogP) is 2.25. The highest BCUT2D eigenvalue weighted by Crippen LogP contribution is 2.26. The number of hydrogen-bond acceptors (Lipinski definition) is 2. The van der Waals surface area contributed by atoms with E-state index in [-0.39, 0.29) is 5.02 Å². The van der Waals surface area contributed by atoms with Crippen molar-refractivity contribution in [2.24, 2.45) is 5.73 Å². The lowest BCUT2D eigenvalue weighted by Crippen LogP contribution is -2.25. The Hall–Kier alpha value is -0.640. The summed E-state index contributed by atoms with van der Waals surface area (Å²) in [5.41, 5.74) is 6.16. The van der Waals surface area contributed by atoms with Gasteiger partial charge in [-0.25, -0.2) is 4.39 Å². The van der Waals surface area contributed by atoms with Crippen LogP contribution in [0.25, 0.3) is 0 Å². The molecule has 0 spiro atoms. The molecule has 2 atom stereocenters. The monoisotopic (exact) mass is 217 g/mol. The maximum Gasteiger partial charge on any atom is 0.142 e. The highest BCUT2D eigenvalue weighted by Gasteiger charge is 2.18. The third-order valence-corrected chi connectivity index (χ3v) is 2.57. The molecule has 0 saturated carbocycles. The Morgan fingerprint density at radius 1 is 1.57 bits per heavy atom. The van der Waals surface area contributed by atoms with Gasteiger partial charge in [0.2, 0.25) is 0 Å². The first kappa shape index (κ1) is 11.4. The zero-order valence-electron chi connectivity index (χ0n) is 7.87. The Kier molecular flexibility index (Phi) is 3.86. The topological polar surface area (TPSA) is 46.2 Å². The molecule has 78 valence electrons. The summed E-state index contributed by atoms with van der Waals surface area (Å²) in [6.45, 7) is 1.80. The van der Waals surface area contributed by atoms with Crippen LogP contribution in [0, 0.1) is 5.82 Å². The van der Waals surface area contributed by atoms with Crippen LogP contribution in [0.3, 0.4) is 0 Å². The molecule has 0 bridgehead atoms. The summed E-state index contributed by atoms with van der Waals surface area (Å²) in [4.78, 5) is 0. The van der Waals surface area contributed by atoms with Crippen LogP contribution < -0.4 is 5.73 Å². The second-order valence-corrected chi connectivity index (χ2v) is 3.52. The molecule has 0 aliphatic rings. The first-order valence-corrected chi connectivity index (χ1v) is 4.83. The van der Waals surface area contributed by atoms with Gasteiger partial charge < -0.3 is 10.8 Å². The van der Waals surface area contributed by atoms with Crippen LogP contribution in [-0.4, -0.2) is 11.2 Å². The smallest absolute Gasteiger partial charge is 0.142 e. The van der Waals surface area contributed by atoms with Gasteiger partial charge in [-0.2, -0.15) is 0 Å². The first-order chi connectivity index (χ1) is 6.57. The number of aliphatic hydroxyl groups is 1. The maximum absolute atomic E-state index is 13.0. The zero-order valence-corrected chi connectivity index (χ0v) is 8.63. The van der Waals surface area contributed by atoms with Gasteiger partial charge in [-0.1, -0.05) is 30.7 Å². The Morgan fingerprint density at radius 3 is 2.79 bits per heavy atom. The second-order valence-electron chi connectivity index (χ2n) is 3.14. The Morgan fingerprint density at radius 2 is 2.21 bits per heavy atom. The highest BCUT2D eigenvalue weighted by molar-refractivity contribution is 6.31. The first-order valence-electron chi connectivity index (χ1n) is 4.45. The van der Waals surface area contributed by atoms with E-state index in [0.29, 0.717) is 12.0 Å².